The summed E-state index contributed by atoms with van der Waals surface area (Å²) in [5, 5.41) is 8.67. The zero-order valence-corrected chi connectivity index (χ0v) is 10.7. The van der Waals surface area contributed by atoms with Gasteiger partial charge in [-0.2, -0.15) is 5.26 Å². The average Bonchev–Trinajstić information content (AvgIpc) is 2.27. The Bertz CT molecular complexity index is 508. The Kier molecular flexibility index (Phi) is 5.26. The highest BCUT2D eigenvalue weighted by Crippen LogP contribution is 2.13. The van der Waals surface area contributed by atoms with Crippen molar-refractivity contribution >= 4 is 19.7 Å². The van der Waals surface area contributed by atoms with E-state index in [4.69, 9.17) is 20.7 Å². The van der Waals surface area contributed by atoms with Crippen molar-refractivity contribution in [3.8, 4) is 11.8 Å². The molecule has 0 atom stereocenters. The minimum atomic E-state index is -3.41. The van der Waals surface area contributed by atoms with Crippen LogP contribution in [0, 0.1) is 11.3 Å². The molecule has 4 nitrogen and oxygen atoms in total. The van der Waals surface area contributed by atoms with Crippen LogP contribution in [0.1, 0.15) is 18.4 Å². The summed E-state index contributed by atoms with van der Waals surface area (Å²) in [7, 11) is 1.66. The van der Waals surface area contributed by atoms with E-state index in [2.05, 4.69) is 0 Å². The van der Waals surface area contributed by atoms with E-state index in [1.165, 1.54) is 0 Å². The maximum Gasteiger partial charge on any atom is 0.232 e. The lowest BCUT2D eigenvalue weighted by atomic mass is 10.2. The molecule has 6 heteroatoms. The molecular weight excluding hydrogens is 262 g/mol. The van der Waals surface area contributed by atoms with Gasteiger partial charge in [-0.15, -0.1) is 0 Å². The van der Waals surface area contributed by atoms with Crippen molar-refractivity contribution in [3.05, 3.63) is 29.8 Å². The van der Waals surface area contributed by atoms with E-state index >= 15 is 0 Å². The van der Waals surface area contributed by atoms with Gasteiger partial charge in [0, 0.05) is 10.7 Å². The summed E-state index contributed by atoms with van der Waals surface area (Å²) >= 11 is 0. The van der Waals surface area contributed by atoms with E-state index in [1.54, 1.807) is 24.3 Å². The average molecular weight is 274 g/mol. The SMILES string of the molecule is N#Cc1cccc(OCCCCS(=O)(=O)Cl)c1. The lowest BCUT2D eigenvalue weighted by Crippen LogP contribution is -2.02. The Morgan fingerprint density at radius 2 is 2.12 bits per heavy atom. The molecule has 17 heavy (non-hydrogen) atoms. The third-order valence-corrected chi connectivity index (χ3v) is 3.25. The van der Waals surface area contributed by atoms with Gasteiger partial charge in [-0.3, -0.25) is 0 Å². The van der Waals surface area contributed by atoms with Crippen LogP contribution in [0.15, 0.2) is 24.3 Å². The van der Waals surface area contributed by atoms with Crippen LogP contribution in [0.5, 0.6) is 5.75 Å². The quantitative estimate of drug-likeness (QED) is 0.589. The molecule has 0 aliphatic carbocycles. The summed E-state index contributed by atoms with van der Waals surface area (Å²) in [5.41, 5.74) is 0.533. The van der Waals surface area contributed by atoms with Crippen LogP contribution in [0.4, 0.5) is 0 Å². The number of unbranched alkanes of at least 4 members (excludes halogenated alkanes) is 1. The molecule has 0 aromatic heterocycles. The van der Waals surface area contributed by atoms with Gasteiger partial charge in [-0.05, 0) is 31.0 Å². The molecule has 0 spiro atoms. The Balaban J connectivity index is 2.29. The number of hydrogen-bond donors (Lipinski definition) is 0. The zero-order chi connectivity index (χ0) is 12.7. The summed E-state index contributed by atoms with van der Waals surface area (Å²) in [6.45, 7) is 0.404. The maximum atomic E-state index is 10.6. The van der Waals surface area contributed by atoms with E-state index in [1.807, 2.05) is 6.07 Å². The van der Waals surface area contributed by atoms with Crippen LogP contribution in [0.3, 0.4) is 0 Å². The number of hydrogen-bond acceptors (Lipinski definition) is 4. The van der Waals surface area contributed by atoms with E-state index < -0.39 is 9.05 Å². The highest BCUT2D eigenvalue weighted by atomic mass is 35.7. The number of halogens is 1. The van der Waals surface area contributed by atoms with Crippen LogP contribution in [-0.4, -0.2) is 20.8 Å². The zero-order valence-electron chi connectivity index (χ0n) is 9.10. The third-order valence-electron chi connectivity index (χ3n) is 2.01. The fourth-order valence-electron chi connectivity index (χ4n) is 1.22. The van der Waals surface area contributed by atoms with Crippen molar-refractivity contribution < 1.29 is 13.2 Å². The molecule has 0 aliphatic heterocycles. The molecular formula is C11H12ClNO3S. The highest BCUT2D eigenvalue weighted by molar-refractivity contribution is 8.13. The molecule has 1 rings (SSSR count). The lowest BCUT2D eigenvalue weighted by molar-refractivity contribution is 0.309. The molecule has 0 bridgehead atoms. The van der Waals surface area contributed by atoms with E-state index in [0.29, 0.717) is 30.8 Å². The van der Waals surface area contributed by atoms with Crippen molar-refractivity contribution in [2.75, 3.05) is 12.4 Å². The molecule has 1 aromatic rings. The molecule has 92 valence electrons. The van der Waals surface area contributed by atoms with Gasteiger partial charge in [0.05, 0.1) is 24.0 Å². The Hall–Kier alpha value is -1.25. The minimum absolute atomic E-state index is 0.0455. The van der Waals surface area contributed by atoms with E-state index in [0.717, 1.165) is 0 Å². The lowest BCUT2D eigenvalue weighted by Gasteiger charge is -2.05. The van der Waals surface area contributed by atoms with Gasteiger partial charge in [0.15, 0.2) is 0 Å². The Morgan fingerprint density at radius 3 is 2.76 bits per heavy atom. The van der Waals surface area contributed by atoms with Crippen molar-refractivity contribution in [1.29, 1.82) is 5.26 Å². The topological polar surface area (TPSA) is 67.2 Å². The second-order valence-corrected chi connectivity index (χ2v) is 6.33. The van der Waals surface area contributed by atoms with Crippen LogP contribution in [0.2, 0.25) is 0 Å². The van der Waals surface area contributed by atoms with Gasteiger partial charge < -0.3 is 4.74 Å². The van der Waals surface area contributed by atoms with Gasteiger partial charge in [0.25, 0.3) is 0 Å². The fraction of sp³-hybridized carbons (Fsp3) is 0.364. The van der Waals surface area contributed by atoms with Crippen molar-refractivity contribution in [2.24, 2.45) is 0 Å². The van der Waals surface area contributed by atoms with Crippen LogP contribution < -0.4 is 4.74 Å². The highest BCUT2D eigenvalue weighted by Gasteiger charge is 2.04. The molecule has 0 N–H and O–H groups in total. The normalized spacial score (nSPS) is 10.8. The summed E-state index contributed by atoms with van der Waals surface area (Å²) in [4.78, 5) is 0. The summed E-state index contributed by atoms with van der Waals surface area (Å²) in [5.74, 6) is 0.564. The van der Waals surface area contributed by atoms with Crippen LogP contribution in [-0.2, 0) is 9.05 Å². The Morgan fingerprint density at radius 1 is 1.35 bits per heavy atom. The minimum Gasteiger partial charge on any atom is -0.494 e. The molecule has 1 aromatic carbocycles. The maximum absolute atomic E-state index is 10.6. The fourth-order valence-corrected chi connectivity index (χ4v) is 2.10. The van der Waals surface area contributed by atoms with Gasteiger partial charge >= 0.3 is 0 Å². The number of rotatable bonds is 6. The van der Waals surface area contributed by atoms with Gasteiger partial charge in [0.1, 0.15) is 5.75 Å². The first-order valence-corrected chi connectivity index (χ1v) is 7.54. The van der Waals surface area contributed by atoms with Crippen LogP contribution in [0.25, 0.3) is 0 Å². The largest absolute Gasteiger partial charge is 0.494 e. The monoisotopic (exact) mass is 273 g/mol. The first kappa shape index (κ1) is 13.8. The third kappa shape index (κ3) is 6.15. The standard InChI is InChI=1S/C11H12ClNO3S/c12-17(14,15)7-2-1-6-16-11-5-3-4-10(8-11)9-13/h3-5,8H,1-2,6-7H2. The molecule has 0 saturated carbocycles. The van der Waals surface area contributed by atoms with Crippen LogP contribution >= 0.6 is 10.7 Å². The summed E-state index contributed by atoms with van der Waals surface area (Å²) in [6, 6.07) is 8.82. The van der Waals surface area contributed by atoms with Gasteiger partial charge in [-0.25, -0.2) is 8.42 Å². The predicted molar refractivity (Wildman–Crippen MR) is 65.5 cm³/mol. The second-order valence-electron chi connectivity index (χ2n) is 3.44. The number of nitriles is 1. The number of ether oxygens (including phenoxy) is 1. The molecule has 0 aliphatic rings. The van der Waals surface area contributed by atoms with Crippen molar-refractivity contribution in [2.45, 2.75) is 12.8 Å². The van der Waals surface area contributed by atoms with Gasteiger partial charge in [0.2, 0.25) is 9.05 Å². The first-order valence-electron chi connectivity index (χ1n) is 5.06. The summed E-state index contributed by atoms with van der Waals surface area (Å²) < 4.78 is 26.6. The molecule has 0 saturated heterocycles. The number of nitrogens with zero attached hydrogens (tertiary/aromatic N) is 1. The smallest absolute Gasteiger partial charge is 0.232 e. The molecule has 0 amide bonds. The van der Waals surface area contributed by atoms with Crippen molar-refractivity contribution in [3.63, 3.8) is 0 Å². The number of benzene rings is 1. The van der Waals surface area contributed by atoms with E-state index in [-0.39, 0.29) is 5.75 Å². The molecule has 0 fully saturated rings. The molecule has 0 heterocycles. The van der Waals surface area contributed by atoms with E-state index in [9.17, 15) is 8.42 Å². The molecule has 0 unspecified atom stereocenters. The van der Waals surface area contributed by atoms with Gasteiger partial charge in [-0.1, -0.05) is 6.07 Å². The summed E-state index contributed by atoms with van der Waals surface area (Å²) in [6.07, 6.45) is 1.06. The second kappa shape index (κ2) is 6.48. The predicted octanol–water partition coefficient (Wildman–Crippen LogP) is 2.29. The van der Waals surface area contributed by atoms with Crippen molar-refractivity contribution in [1.82, 2.24) is 0 Å². The Labute approximate surface area is 105 Å². The molecule has 0 radical (unpaired) electrons. The first-order chi connectivity index (χ1) is 8.01.